The Hall–Kier alpha value is -3.12. The summed E-state index contributed by atoms with van der Waals surface area (Å²) in [5.41, 5.74) is 0.377. The van der Waals surface area contributed by atoms with E-state index in [0.29, 0.717) is 40.2 Å². The third-order valence-corrected chi connectivity index (χ3v) is 8.47. The van der Waals surface area contributed by atoms with E-state index in [-0.39, 0.29) is 28.3 Å². The molecule has 1 saturated carbocycles. The molecule has 36 heavy (non-hydrogen) atoms. The zero-order valence-corrected chi connectivity index (χ0v) is 22.4. The molecule has 0 radical (unpaired) electrons. The molecule has 5 rings (SSSR count). The van der Waals surface area contributed by atoms with Crippen molar-refractivity contribution in [2.75, 3.05) is 0 Å². The lowest BCUT2D eigenvalue weighted by Gasteiger charge is -2.22. The number of aromatic nitrogens is 4. The summed E-state index contributed by atoms with van der Waals surface area (Å²) in [5, 5.41) is 3.42. The van der Waals surface area contributed by atoms with Gasteiger partial charge in [-0.05, 0) is 68.1 Å². The molecule has 0 aliphatic heterocycles. The zero-order valence-electron chi connectivity index (χ0n) is 20.0. The van der Waals surface area contributed by atoms with Crippen molar-refractivity contribution in [1.82, 2.24) is 23.8 Å². The lowest BCUT2D eigenvalue weighted by Crippen LogP contribution is -2.38. The van der Waals surface area contributed by atoms with Gasteiger partial charge < -0.3 is 15.0 Å². The molecule has 4 aromatic rings. The Labute approximate surface area is 215 Å². The van der Waals surface area contributed by atoms with E-state index in [1.807, 2.05) is 0 Å². The van der Waals surface area contributed by atoms with Crippen LogP contribution in [0.1, 0.15) is 46.1 Å². The SMILES string of the molecule is CC(C)(C)OC(=O)N[C@@H]1CC[C@@H](n2c(=O)[nH]c3cnc4c(c(Br)cn4S(=O)(=O)c4ccccc4)c32)C1. The maximum atomic E-state index is 13.4. The Morgan fingerprint density at radius 2 is 1.94 bits per heavy atom. The van der Waals surface area contributed by atoms with Crippen LogP contribution in [-0.4, -0.2) is 44.7 Å². The van der Waals surface area contributed by atoms with Crippen LogP contribution in [0, 0.1) is 0 Å². The molecule has 3 heterocycles. The van der Waals surface area contributed by atoms with Crippen LogP contribution in [0.15, 0.2) is 56.9 Å². The zero-order chi connectivity index (χ0) is 25.8. The number of carbonyl (C=O) groups is 1. The van der Waals surface area contributed by atoms with Crippen molar-refractivity contribution in [3.63, 3.8) is 0 Å². The van der Waals surface area contributed by atoms with E-state index in [1.54, 1.807) is 43.5 Å². The van der Waals surface area contributed by atoms with E-state index in [4.69, 9.17) is 4.74 Å². The number of halogens is 1. The van der Waals surface area contributed by atoms with Gasteiger partial charge in [0.05, 0.1) is 27.5 Å². The van der Waals surface area contributed by atoms with Gasteiger partial charge in [0.25, 0.3) is 10.0 Å². The Morgan fingerprint density at radius 1 is 1.22 bits per heavy atom. The van der Waals surface area contributed by atoms with Crippen LogP contribution >= 0.6 is 15.9 Å². The van der Waals surface area contributed by atoms with Gasteiger partial charge in [0.15, 0.2) is 5.65 Å². The maximum Gasteiger partial charge on any atom is 0.407 e. The molecule has 190 valence electrons. The molecule has 1 amide bonds. The average molecular weight is 576 g/mol. The van der Waals surface area contributed by atoms with Crippen LogP contribution in [0.5, 0.6) is 0 Å². The van der Waals surface area contributed by atoms with Gasteiger partial charge in [-0.15, -0.1) is 0 Å². The number of ether oxygens (including phenoxy) is 1. The first-order chi connectivity index (χ1) is 17.0. The molecule has 3 aromatic heterocycles. The third-order valence-electron chi connectivity index (χ3n) is 6.20. The number of alkyl carbamates (subject to hydrolysis) is 1. The van der Waals surface area contributed by atoms with Crippen LogP contribution < -0.4 is 11.0 Å². The van der Waals surface area contributed by atoms with Gasteiger partial charge >= 0.3 is 11.8 Å². The number of nitrogens with zero attached hydrogens (tertiary/aromatic N) is 3. The molecular weight excluding hydrogens is 550 g/mol. The predicted molar refractivity (Wildman–Crippen MR) is 139 cm³/mol. The van der Waals surface area contributed by atoms with E-state index in [0.717, 1.165) is 3.97 Å². The number of pyridine rings is 1. The Kier molecular flexibility index (Phi) is 5.98. The van der Waals surface area contributed by atoms with Gasteiger partial charge in [0.2, 0.25) is 0 Å². The van der Waals surface area contributed by atoms with Crippen molar-refractivity contribution in [3.8, 4) is 0 Å². The first-order valence-corrected chi connectivity index (χ1v) is 13.8. The normalized spacial score (nSPS) is 18.7. The fourth-order valence-electron chi connectivity index (χ4n) is 4.76. The molecule has 0 unspecified atom stereocenters. The summed E-state index contributed by atoms with van der Waals surface area (Å²) in [4.78, 5) is 32.7. The number of aromatic amines is 1. The molecular formula is C24H26BrN5O5S. The second-order valence-electron chi connectivity index (χ2n) is 9.92. The van der Waals surface area contributed by atoms with E-state index >= 15 is 0 Å². The highest BCUT2D eigenvalue weighted by atomic mass is 79.9. The average Bonchev–Trinajstić information content (AvgIpc) is 3.47. The lowest BCUT2D eigenvalue weighted by molar-refractivity contribution is 0.0505. The molecule has 10 nitrogen and oxygen atoms in total. The van der Waals surface area contributed by atoms with E-state index in [2.05, 4.69) is 31.2 Å². The summed E-state index contributed by atoms with van der Waals surface area (Å²) >= 11 is 3.50. The molecule has 2 N–H and O–H groups in total. The van der Waals surface area contributed by atoms with Gasteiger partial charge in [-0.3, -0.25) is 4.57 Å². The summed E-state index contributed by atoms with van der Waals surface area (Å²) in [5.74, 6) is 0. The Balaban J connectivity index is 1.55. The number of hydrogen-bond acceptors (Lipinski definition) is 6. The quantitative estimate of drug-likeness (QED) is 0.373. The van der Waals surface area contributed by atoms with Crippen LogP contribution in [0.25, 0.3) is 22.1 Å². The largest absolute Gasteiger partial charge is 0.444 e. The predicted octanol–water partition coefficient (Wildman–Crippen LogP) is 4.30. The first-order valence-electron chi connectivity index (χ1n) is 11.6. The molecule has 12 heteroatoms. The minimum atomic E-state index is -3.91. The van der Waals surface area contributed by atoms with Crippen LogP contribution in [-0.2, 0) is 14.8 Å². The number of amides is 1. The number of hydrogen-bond donors (Lipinski definition) is 2. The second-order valence-corrected chi connectivity index (χ2v) is 12.6. The molecule has 0 spiro atoms. The van der Waals surface area contributed by atoms with Crippen molar-refractivity contribution >= 4 is 54.1 Å². The van der Waals surface area contributed by atoms with Gasteiger partial charge in [0, 0.05) is 22.8 Å². The molecule has 0 bridgehead atoms. The van der Waals surface area contributed by atoms with Crippen molar-refractivity contribution < 1.29 is 17.9 Å². The van der Waals surface area contributed by atoms with Crippen LogP contribution in [0.3, 0.4) is 0 Å². The summed E-state index contributed by atoms with van der Waals surface area (Å²) in [6.45, 7) is 5.41. The Bertz CT molecular complexity index is 1630. The van der Waals surface area contributed by atoms with Crippen molar-refractivity contribution in [1.29, 1.82) is 0 Å². The second kappa shape index (κ2) is 8.77. The number of fused-ring (bicyclic) bond motifs is 3. The maximum absolute atomic E-state index is 13.4. The third kappa shape index (κ3) is 4.32. The summed E-state index contributed by atoms with van der Waals surface area (Å²) in [6.07, 6.45) is 4.33. The molecule has 1 aromatic carbocycles. The highest BCUT2D eigenvalue weighted by Crippen LogP contribution is 2.37. The first kappa shape index (κ1) is 24.6. The molecule has 1 fully saturated rings. The fraction of sp³-hybridized carbons (Fsp3) is 0.375. The molecule has 1 aliphatic rings. The molecule has 0 saturated heterocycles. The fourth-order valence-corrected chi connectivity index (χ4v) is 6.81. The van der Waals surface area contributed by atoms with Crippen molar-refractivity contribution in [2.45, 2.75) is 62.6 Å². The minimum Gasteiger partial charge on any atom is -0.444 e. The lowest BCUT2D eigenvalue weighted by atomic mass is 10.2. The topological polar surface area (TPSA) is 128 Å². The minimum absolute atomic E-state index is 0.134. The Morgan fingerprint density at radius 3 is 2.64 bits per heavy atom. The van der Waals surface area contributed by atoms with Crippen LogP contribution in [0.4, 0.5) is 4.79 Å². The number of H-pyrrole nitrogens is 1. The van der Waals surface area contributed by atoms with Gasteiger partial charge in [0.1, 0.15) is 5.60 Å². The summed E-state index contributed by atoms with van der Waals surface area (Å²) in [6, 6.07) is 7.76. The van der Waals surface area contributed by atoms with E-state index < -0.39 is 21.7 Å². The monoisotopic (exact) mass is 575 g/mol. The van der Waals surface area contributed by atoms with Gasteiger partial charge in [-0.2, -0.15) is 0 Å². The molecule has 1 aliphatic carbocycles. The van der Waals surface area contributed by atoms with E-state index in [9.17, 15) is 18.0 Å². The number of rotatable bonds is 4. The van der Waals surface area contributed by atoms with Crippen molar-refractivity contribution in [3.05, 3.63) is 57.7 Å². The summed E-state index contributed by atoms with van der Waals surface area (Å²) < 4.78 is 35.4. The van der Waals surface area contributed by atoms with Gasteiger partial charge in [-0.1, -0.05) is 18.2 Å². The van der Waals surface area contributed by atoms with Crippen molar-refractivity contribution in [2.24, 2.45) is 0 Å². The smallest absolute Gasteiger partial charge is 0.407 e. The highest BCUT2D eigenvalue weighted by molar-refractivity contribution is 9.10. The standard InChI is InChI=1S/C24H26BrN5O5S/c1-24(2,3)35-23(32)27-14-9-10-15(11-14)30-20-18(28-22(30)31)12-26-21-19(20)17(25)13-29(21)36(33,34)16-7-5-4-6-8-16/h4-8,12-15H,9-11H2,1-3H3,(H,27,32)(H,28,31)/t14-,15-/m1/s1. The van der Waals surface area contributed by atoms with Crippen LogP contribution in [0.2, 0.25) is 0 Å². The number of benzene rings is 1. The number of nitrogens with one attached hydrogen (secondary N) is 2. The van der Waals surface area contributed by atoms with Gasteiger partial charge in [-0.25, -0.2) is 27.0 Å². The van der Waals surface area contributed by atoms with E-state index in [1.165, 1.54) is 24.5 Å². The number of imidazole rings is 1. The summed E-state index contributed by atoms with van der Waals surface area (Å²) in [7, 11) is -3.91. The number of carbonyl (C=O) groups excluding carboxylic acids is 1. The highest BCUT2D eigenvalue weighted by Gasteiger charge is 2.32. The molecule has 2 atom stereocenters.